The molecule has 1 aromatic heterocycles. The first kappa shape index (κ1) is 13.5. The minimum Gasteiger partial charge on any atom is -0.339 e. The van der Waals surface area contributed by atoms with Crippen LogP contribution in [-0.2, 0) is 6.42 Å². The Morgan fingerprint density at radius 2 is 2.17 bits per heavy atom. The SMILES string of the molecule is Cc1noc(CCNC2CC(C)CC(C)(C)C2)n1. The summed E-state index contributed by atoms with van der Waals surface area (Å²) in [6.07, 6.45) is 4.71. The van der Waals surface area contributed by atoms with Gasteiger partial charge in [0.15, 0.2) is 5.82 Å². The minimum absolute atomic E-state index is 0.469. The predicted molar refractivity (Wildman–Crippen MR) is 71.3 cm³/mol. The molecule has 1 aromatic rings. The Morgan fingerprint density at radius 3 is 2.78 bits per heavy atom. The maximum atomic E-state index is 5.11. The normalized spacial score (nSPS) is 27.3. The Labute approximate surface area is 110 Å². The van der Waals surface area contributed by atoms with Crippen LogP contribution in [0.15, 0.2) is 4.52 Å². The van der Waals surface area contributed by atoms with Crippen LogP contribution in [0.25, 0.3) is 0 Å². The second kappa shape index (κ2) is 5.39. The first-order valence-electron chi connectivity index (χ1n) is 6.97. The average Bonchev–Trinajstić information content (AvgIpc) is 2.61. The number of aryl methyl sites for hydroxylation is 1. The molecule has 0 radical (unpaired) electrons. The van der Waals surface area contributed by atoms with Gasteiger partial charge >= 0.3 is 0 Å². The molecule has 1 aliphatic rings. The molecule has 0 aromatic carbocycles. The summed E-state index contributed by atoms with van der Waals surface area (Å²) < 4.78 is 5.11. The lowest BCUT2D eigenvalue weighted by Gasteiger charge is -2.39. The van der Waals surface area contributed by atoms with Gasteiger partial charge < -0.3 is 9.84 Å². The van der Waals surface area contributed by atoms with Crippen LogP contribution in [0.2, 0.25) is 0 Å². The summed E-state index contributed by atoms with van der Waals surface area (Å²) in [4.78, 5) is 4.22. The van der Waals surface area contributed by atoms with Gasteiger partial charge in [0.05, 0.1) is 0 Å². The van der Waals surface area contributed by atoms with E-state index in [4.69, 9.17) is 4.52 Å². The maximum absolute atomic E-state index is 5.11. The number of hydrogen-bond acceptors (Lipinski definition) is 4. The summed E-state index contributed by atoms with van der Waals surface area (Å²) in [6.45, 7) is 9.88. The summed E-state index contributed by atoms with van der Waals surface area (Å²) in [5.41, 5.74) is 0.469. The first-order chi connectivity index (χ1) is 8.44. The molecular weight excluding hydrogens is 226 g/mol. The van der Waals surface area contributed by atoms with Crippen LogP contribution in [0.4, 0.5) is 0 Å². The standard InChI is InChI=1S/C14H25N3O/c1-10-7-12(9-14(3,4)8-10)15-6-5-13-16-11(2)17-18-13/h10,12,15H,5-9H2,1-4H3. The number of nitrogens with zero attached hydrogens (tertiary/aromatic N) is 2. The predicted octanol–water partition coefficient (Wildman–Crippen LogP) is 2.72. The van der Waals surface area contributed by atoms with Crippen LogP contribution in [0.5, 0.6) is 0 Å². The van der Waals surface area contributed by atoms with Gasteiger partial charge in [0.25, 0.3) is 0 Å². The van der Waals surface area contributed by atoms with Crippen molar-refractivity contribution in [3.05, 3.63) is 11.7 Å². The summed E-state index contributed by atoms with van der Waals surface area (Å²) in [5, 5.41) is 7.44. The van der Waals surface area contributed by atoms with Gasteiger partial charge in [-0.05, 0) is 37.5 Å². The Morgan fingerprint density at radius 1 is 1.39 bits per heavy atom. The molecule has 1 N–H and O–H groups in total. The fourth-order valence-electron chi connectivity index (χ4n) is 3.33. The van der Waals surface area contributed by atoms with Gasteiger partial charge in [-0.3, -0.25) is 0 Å². The van der Waals surface area contributed by atoms with Gasteiger partial charge in [-0.15, -0.1) is 0 Å². The number of nitrogens with one attached hydrogen (secondary N) is 1. The van der Waals surface area contributed by atoms with E-state index in [-0.39, 0.29) is 0 Å². The van der Waals surface area contributed by atoms with Crippen LogP contribution < -0.4 is 5.32 Å². The first-order valence-corrected chi connectivity index (χ1v) is 6.97. The van der Waals surface area contributed by atoms with Crippen molar-refractivity contribution in [2.75, 3.05) is 6.54 Å². The van der Waals surface area contributed by atoms with E-state index >= 15 is 0 Å². The maximum Gasteiger partial charge on any atom is 0.227 e. The van der Waals surface area contributed by atoms with Crippen molar-refractivity contribution in [3.63, 3.8) is 0 Å². The zero-order valence-corrected chi connectivity index (χ0v) is 12.0. The highest BCUT2D eigenvalue weighted by molar-refractivity contribution is 4.88. The van der Waals surface area contributed by atoms with E-state index in [1.54, 1.807) is 0 Å². The van der Waals surface area contributed by atoms with E-state index in [0.717, 1.165) is 30.6 Å². The van der Waals surface area contributed by atoms with Crippen molar-refractivity contribution in [1.82, 2.24) is 15.5 Å². The van der Waals surface area contributed by atoms with E-state index in [1.807, 2.05) is 6.92 Å². The fraction of sp³-hybridized carbons (Fsp3) is 0.857. The molecule has 2 unspecified atom stereocenters. The van der Waals surface area contributed by atoms with Crippen molar-refractivity contribution in [2.24, 2.45) is 11.3 Å². The zero-order valence-electron chi connectivity index (χ0n) is 12.0. The smallest absolute Gasteiger partial charge is 0.227 e. The third-order valence-corrected chi connectivity index (χ3v) is 3.73. The van der Waals surface area contributed by atoms with E-state index in [2.05, 4.69) is 36.2 Å². The van der Waals surface area contributed by atoms with E-state index in [9.17, 15) is 0 Å². The highest BCUT2D eigenvalue weighted by atomic mass is 16.5. The Hall–Kier alpha value is -0.900. The van der Waals surface area contributed by atoms with Crippen molar-refractivity contribution in [1.29, 1.82) is 0 Å². The molecule has 0 saturated heterocycles. The lowest BCUT2D eigenvalue weighted by atomic mass is 9.70. The lowest BCUT2D eigenvalue weighted by Crippen LogP contribution is -2.40. The summed E-state index contributed by atoms with van der Waals surface area (Å²) in [7, 11) is 0. The second-order valence-electron chi connectivity index (χ2n) is 6.55. The van der Waals surface area contributed by atoms with Crippen molar-refractivity contribution in [3.8, 4) is 0 Å². The molecule has 18 heavy (non-hydrogen) atoms. The topological polar surface area (TPSA) is 51.0 Å². The summed E-state index contributed by atoms with van der Waals surface area (Å²) in [5.74, 6) is 2.28. The molecule has 0 amide bonds. The molecule has 4 heteroatoms. The number of rotatable bonds is 4. The van der Waals surface area contributed by atoms with Gasteiger partial charge in [-0.1, -0.05) is 25.9 Å². The number of hydrogen-bond donors (Lipinski definition) is 1. The van der Waals surface area contributed by atoms with Gasteiger partial charge in [-0.2, -0.15) is 4.98 Å². The third-order valence-electron chi connectivity index (χ3n) is 3.73. The molecule has 102 valence electrons. The summed E-state index contributed by atoms with van der Waals surface area (Å²) >= 11 is 0. The zero-order chi connectivity index (χ0) is 13.2. The van der Waals surface area contributed by atoms with Crippen LogP contribution >= 0.6 is 0 Å². The Bertz CT molecular complexity index is 386. The molecule has 1 heterocycles. The van der Waals surface area contributed by atoms with Crippen LogP contribution in [0.3, 0.4) is 0 Å². The molecule has 1 aliphatic carbocycles. The fourth-order valence-corrected chi connectivity index (χ4v) is 3.33. The monoisotopic (exact) mass is 251 g/mol. The summed E-state index contributed by atoms with van der Waals surface area (Å²) in [6, 6.07) is 0.632. The van der Waals surface area contributed by atoms with Crippen LogP contribution in [0.1, 0.15) is 51.7 Å². The van der Waals surface area contributed by atoms with Gasteiger partial charge in [0.1, 0.15) is 0 Å². The average molecular weight is 251 g/mol. The van der Waals surface area contributed by atoms with Gasteiger partial charge in [0.2, 0.25) is 5.89 Å². The molecule has 0 bridgehead atoms. The van der Waals surface area contributed by atoms with Crippen molar-refractivity contribution < 1.29 is 4.52 Å². The number of aromatic nitrogens is 2. The molecule has 0 spiro atoms. The van der Waals surface area contributed by atoms with Gasteiger partial charge in [-0.25, -0.2) is 0 Å². The third kappa shape index (κ3) is 3.80. The highest BCUT2D eigenvalue weighted by Gasteiger charge is 2.31. The Balaban J connectivity index is 1.76. The minimum atomic E-state index is 0.469. The molecular formula is C14H25N3O. The molecule has 1 fully saturated rings. The quantitative estimate of drug-likeness (QED) is 0.894. The highest BCUT2D eigenvalue weighted by Crippen LogP contribution is 2.38. The molecule has 0 aliphatic heterocycles. The molecule has 1 saturated carbocycles. The second-order valence-corrected chi connectivity index (χ2v) is 6.55. The van der Waals surface area contributed by atoms with Crippen molar-refractivity contribution in [2.45, 2.75) is 59.4 Å². The largest absolute Gasteiger partial charge is 0.339 e. The molecule has 2 atom stereocenters. The van der Waals surface area contributed by atoms with E-state index in [0.29, 0.717) is 11.5 Å². The van der Waals surface area contributed by atoms with Gasteiger partial charge in [0, 0.05) is 19.0 Å². The van der Waals surface area contributed by atoms with E-state index in [1.165, 1.54) is 19.3 Å². The molecule has 4 nitrogen and oxygen atoms in total. The van der Waals surface area contributed by atoms with Crippen molar-refractivity contribution >= 4 is 0 Å². The van der Waals surface area contributed by atoms with E-state index < -0.39 is 0 Å². The van der Waals surface area contributed by atoms with Crippen LogP contribution in [0, 0.1) is 18.3 Å². The Kier molecular flexibility index (Phi) is 4.05. The lowest BCUT2D eigenvalue weighted by molar-refractivity contribution is 0.151. The molecule has 2 rings (SSSR count). The van der Waals surface area contributed by atoms with Crippen LogP contribution in [-0.4, -0.2) is 22.7 Å².